The van der Waals surface area contributed by atoms with Gasteiger partial charge in [-0.05, 0) is 43.7 Å². The molecular formula is C16H22N2. The minimum Gasteiger partial charge on any atom is -0.314 e. The fourth-order valence-electron chi connectivity index (χ4n) is 2.24. The number of hydrogen-bond acceptors (Lipinski definition) is 2. The molecule has 0 aliphatic heterocycles. The van der Waals surface area contributed by atoms with Gasteiger partial charge in [-0.15, -0.1) is 0 Å². The van der Waals surface area contributed by atoms with Crippen molar-refractivity contribution in [1.29, 1.82) is 0 Å². The predicted octanol–water partition coefficient (Wildman–Crippen LogP) is 3.56. The van der Waals surface area contributed by atoms with E-state index in [0.29, 0.717) is 6.04 Å². The molecule has 2 aromatic rings. The minimum absolute atomic E-state index is 0.573. The number of rotatable bonds is 6. The molecule has 1 atom stereocenters. The number of aryl methyl sites for hydroxylation is 1. The van der Waals surface area contributed by atoms with Gasteiger partial charge in [0.05, 0.1) is 0 Å². The van der Waals surface area contributed by atoms with E-state index in [0.717, 1.165) is 19.4 Å². The Kier molecular flexibility index (Phi) is 4.71. The molecule has 0 saturated heterocycles. The SMILES string of the molecule is CCCNC(C)CCc1cncc2ccccc12. The van der Waals surface area contributed by atoms with Crippen molar-refractivity contribution in [1.82, 2.24) is 10.3 Å². The highest BCUT2D eigenvalue weighted by atomic mass is 14.9. The van der Waals surface area contributed by atoms with Gasteiger partial charge >= 0.3 is 0 Å². The standard InChI is InChI=1S/C16H22N2/c1-3-10-18-13(2)8-9-15-12-17-11-14-6-4-5-7-16(14)15/h4-7,11-13,18H,3,8-10H2,1-2H3. The van der Waals surface area contributed by atoms with Crippen LogP contribution in [-0.2, 0) is 6.42 Å². The Bertz CT molecular complexity index is 488. The summed E-state index contributed by atoms with van der Waals surface area (Å²) in [5.41, 5.74) is 1.36. The molecule has 1 aromatic carbocycles. The van der Waals surface area contributed by atoms with Crippen LogP contribution in [0.25, 0.3) is 10.8 Å². The Balaban J connectivity index is 2.03. The van der Waals surface area contributed by atoms with Gasteiger partial charge in [0.25, 0.3) is 0 Å². The maximum Gasteiger partial charge on any atom is 0.0346 e. The van der Waals surface area contributed by atoms with E-state index in [-0.39, 0.29) is 0 Å². The van der Waals surface area contributed by atoms with Gasteiger partial charge in [0, 0.05) is 23.8 Å². The molecule has 1 N–H and O–H groups in total. The summed E-state index contributed by atoms with van der Waals surface area (Å²) in [5, 5.41) is 6.11. The van der Waals surface area contributed by atoms with E-state index < -0.39 is 0 Å². The molecule has 0 aliphatic rings. The average Bonchev–Trinajstić information content (AvgIpc) is 2.42. The van der Waals surface area contributed by atoms with Gasteiger partial charge in [-0.3, -0.25) is 4.98 Å². The summed E-state index contributed by atoms with van der Waals surface area (Å²) in [6, 6.07) is 9.06. The maximum absolute atomic E-state index is 4.33. The van der Waals surface area contributed by atoms with Gasteiger partial charge < -0.3 is 5.32 Å². The normalized spacial score (nSPS) is 12.8. The second kappa shape index (κ2) is 6.50. The third-order valence-corrected chi connectivity index (χ3v) is 3.34. The largest absolute Gasteiger partial charge is 0.314 e. The van der Waals surface area contributed by atoms with E-state index in [4.69, 9.17) is 0 Å². The van der Waals surface area contributed by atoms with Crippen LogP contribution < -0.4 is 5.32 Å². The first kappa shape index (κ1) is 13.0. The van der Waals surface area contributed by atoms with Crippen molar-refractivity contribution in [3.63, 3.8) is 0 Å². The molecule has 0 radical (unpaired) electrons. The second-order valence-electron chi connectivity index (χ2n) is 4.91. The Labute approximate surface area is 109 Å². The lowest BCUT2D eigenvalue weighted by Gasteiger charge is -2.13. The Hall–Kier alpha value is -1.41. The smallest absolute Gasteiger partial charge is 0.0346 e. The van der Waals surface area contributed by atoms with E-state index in [9.17, 15) is 0 Å². The third kappa shape index (κ3) is 3.30. The molecule has 18 heavy (non-hydrogen) atoms. The molecule has 0 saturated carbocycles. The van der Waals surface area contributed by atoms with E-state index in [2.05, 4.69) is 48.4 Å². The fraction of sp³-hybridized carbons (Fsp3) is 0.438. The molecule has 1 unspecified atom stereocenters. The van der Waals surface area contributed by atoms with E-state index >= 15 is 0 Å². The lowest BCUT2D eigenvalue weighted by Crippen LogP contribution is -2.27. The molecule has 0 bridgehead atoms. The van der Waals surface area contributed by atoms with Crippen molar-refractivity contribution in [3.05, 3.63) is 42.2 Å². The van der Waals surface area contributed by atoms with Crippen molar-refractivity contribution in [3.8, 4) is 0 Å². The van der Waals surface area contributed by atoms with E-state index in [1.54, 1.807) is 0 Å². The summed E-state index contributed by atoms with van der Waals surface area (Å²) in [6.45, 7) is 5.57. The molecule has 96 valence electrons. The molecular weight excluding hydrogens is 220 g/mol. The Morgan fingerprint density at radius 3 is 2.89 bits per heavy atom. The molecule has 2 rings (SSSR count). The van der Waals surface area contributed by atoms with Crippen LogP contribution in [0.3, 0.4) is 0 Å². The quantitative estimate of drug-likeness (QED) is 0.838. The highest BCUT2D eigenvalue weighted by Crippen LogP contribution is 2.18. The lowest BCUT2D eigenvalue weighted by molar-refractivity contribution is 0.514. The van der Waals surface area contributed by atoms with Gasteiger partial charge in [0.1, 0.15) is 0 Å². The number of nitrogens with one attached hydrogen (secondary N) is 1. The number of benzene rings is 1. The van der Waals surface area contributed by atoms with Crippen LogP contribution in [0.4, 0.5) is 0 Å². The first-order valence-electron chi connectivity index (χ1n) is 6.86. The summed E-state index contributed by atoms with van der Waals surface area (Å²) < 4.78 is 0. The Morgan fingerprint density at radius 2 is 2.06 bits per heavy atom. The van der Waals surface area contributed by atoms with Crippen LogP contribution in [0, 0.1) is 0 Å². The minimum atomic E-state index is 0.573. The van der Waals surface area contributed by atoms with Crippen molar-refractivity contribution < 1.29 is 0 Å². The molecule has 1 aromatic heterocycles. The van der Waals surface area contributed by atoms with Crippen LogP contribution in [0.5, 0.6) is 0 Å². The maximum atomic E-state index is 4.33. The lowest BCUT2D eigenvalue weighted by atomic mass is 10.0. The van der Waals surface area contributed by atoms with Crippen molar-refractivity contribution in [2.45, 2.75) is 39.2 Å². The van der Waals surface area contributed by atoms with Crippen LogP contribution in [-0.4, -0.2) is 17.6 Å². The van der Waals surface area contributed by atoms with Gasteiger partial charge in [-0.1, -0.05) is 31.2 Å². The monoisotopic (exact) mass is 242 g/mol. The summed E-state index contributed by atoms with van der Waals surface area (Å²) in [5.74, 6) is 0. The first-order chi connectivity index (χ1) is 8.81. The predicted molar refractivity (Wildman–Crippen MR) is 77.8 cm³/mol. The van der Waals surface area contributed by atoms with Crippen molar-refractivity contribution in [2.75, 3.05) is 6.54 Å². The number of nitrogens with zero attached hydrogens (tertiary/aromatic N) is 1. The van der Waals surface area contributed by atoms with Gasteiger partial charge in [0.15, 0.2) is 0 Å². The number of hydrogen-bond donors (Lipinski definition) is 1. The summed E-state index contributed by atoms with van der Waals surface area (Å²) in [7, 11) is 0. The van der Waals surface area contributed by atoms with Gasteiger partial charge in [-0.2, -0.15) is 0 Å². The van der Waals surface area contributed by atoms with Crippen LogP contribution in [0.15, 0.2) is 36.7 Å². The second-order valence-corrected chi connectivity index (χ2v) is 4.91. The third-order valence-electron chi connectivity index (χ3n) is 3.34. The molecule has 1 heterocycles. The zero-order valence-corrected chi connectivity index (χ0v) is 11.3. The first-order valence-corrected chi connectivity index (χ1v) is 6.86. The Morgan fingerprint density at radius 1 is 1.22 bits per heavy atom. The molecule has 0 amide bonds. The summed E-state index contributed by atoms with van der Waals surface area (Å²) in [6.07, 6.45) is 7.40. The molecule has 0 fully saturated rings. The van der Waals surface area contributed by atoms with Crippen LogP contribution >= 0.6 is 0 Å². The zero-order chi connectivity index (χ0) is 12.8. The number of pyridine rings is 1. The number of aromatic nitrogens is 1. The van der Waals surface area contributed by atoms with Crippen molar-refractivity contribution in [2.24, 2.45) is 0 Å². The molecule has 0 aliphatic carbocycles. The highest BCUT2D eigenvalue weighted by molar-refractivity contribution is 5.84. The average molecular weight is 242 g/mol. The van der Waals surface area contributed by atoms with E-state index in [1.165, 1.54) is 22.8 Å². The molecule has 0 spiro atoms. The summed E-state index contributed by atoms with van der Waals surface area (Å²) in [4.78, 5) is 4.33. The van der Waals surface area contributed by atoms with Crippen LogP contribution in [0.1, 0.15) is 32.3 Å². The van der Waals surface area contributed by atoms with Crippen LogP contribution in [0.2, 0.25) is 0 Å². The molecule has 2 nitrogen and oxygen atoms in total. The van der Waals surface area contributed by atoms with Crippen molar-refractivity contribution >= 4 is 10.8 Å². The van der Waals surface area contributed by atoms with E-state index in [1.807, 2.05) is 12.4 Å². The van der Waals surface area contributed by atoms with Gasteiger partial charge in [0.2, 0.25) is 0 Å². The zero-order valence-electron chi connectivity index (χ0n) is 11.3. The fourth-order valence-corrected chi connectivity index (χ4v) is 2.24. The molecule has 2 heteroatoms. The highest BCUT2D eigenvalue weighted by Gasteiger charge is 2.04. The number of fused-ring (bicyclic) bond motifs is 1. The topological polar surface area (TPSA) is 24.9 Å². The summed E-state index contributed by atoms with van der Waals surface area (Å²) >= 11 is 0. The van der Waals surface area contributed by atoms with Gasteiger partial charge in [-0.25, -0.2) is 0 Å².